The molecular formula is C25H34FNO7. The van der Waals surface area contributed by atoms with Crippen LogP contribution in [0.2, 0.25) is 0 Å². The number of hydrogen-bond acceptors (Lipinski definition) is 6. The van der Waals surface area contributed by atoms with Gasteiger partial charge in [0.1, 0.15) is 12.4 Å². The predicted molar refractivity (Wildman–Crippen MR) is 126 cm³/mol. The van der Waals surface area contributed by atoms with Gasteiger partial charge in [-0.1, -0.05) is 31.2 Å². The maximum absolute atomic E-state index is 13.1. The van der Waals surface area contributed by atoms with Crippen LogP contribution in [0.1, 0.15) is 44.8 Å². The van der Waals surface area contributed by atoms with Crippen molar-refractivity contribution in [2.75, 3.05) is 32.9 Å². The molecule has 2 rings (SSSR count). The van der Waals surface area contributed by atoms with Gasteiger partial charge in [0.25, 0.3) is 0 Å². The van der Waals surface area contributed by atoms with Gasteiger partial charge in [-0.2, -0.15) is 0 Å². The minimum absolute atomic E-state index is 0.0108. The average Bonchev–Trinajstić information content (AvgIpc) is 2.82. The van der Waals surface area contributed by atoms with Crippen LogP contribution in [-0.4, -0.2) is 55.1 Å². The molecule has 0 amide bonds. The van der Waals surface area contributed by atoms with Crippen LogP contribution in [0.4, 0.5) is 4.39 Å². The molecule has 8 nitrogen and oxygen atoms in total. The van der Waals surface area contributed by atoms with Crippen molar-refractivity contribution < 1.29 is 38.4 Å². The molecule has 0 spiro atoms. The highest BCUT2D eigenvalue weighted by molar-refractivity contribution is 6.27. The molecule has 0 aliphatic heterocycles. The van der Waals surface area contributed by atoms with Gasteiger partial charge in [-0.15, -0.1) is 0 Å². The third-order valence-corrected chi connectivity index (χ3v) is 4.45. The Morgan fingerprint density at radius 1 is 0.912 bits per heavy atom. The minimum Gasteiger partial charge on any atom is -0.490 e. The standard InChI is InChI=1S/C23H32FNO3.C2H2O4/c1-3-17-27-21(19-11-13-20(24)14-12-19)10-7-15-25-16-18-28-23-9-6-5-8-22(23)26-4-2;3-1(4)2(5)6/h5-6,8-9,11-14,21,25H,3-4,7,10,15-18H2,1-2H3;(H,3,4)(H,5,6). The molecule has 1 unspecified atom stereocenters. The number of para-hydroxylation sites is 2. The second-order valence-corrected chi connectivity index (χ2v) is 7.14. The summed E-state index contributed by atoms with van der Waals surface area (Å²) < 4.78 is 30.5. The lowest BCUT2D eigenvalue weighted by Crippen LogP contribution is -2.22. The number of carboxylic acid groups (broad SMARTS) is 2. The molecule has 0 radical (unpaired) electrons. The molecule has 0 aliphatic carbocycles. The fourth-order valence-corrected chi connectivity index (χ4v) is 2.90. The zero-order valence-electron chi connectivity index (χ0n) is 19.7. The summed E-state index contributed by atoms with van der Waals surface area (Å²) in [4.78, 5) is 18.2. The first kappa shape index (κ1) is 28.9. The minimum atomic E-state index is -1.82. The van der Waals surface area contributed by atoms with Crippen LogP contribution in [0.5, 0.6) is 11.5 Å². The Morgan fingerprint density at radius 2 is 1.53 bits per heavy atom. The van der Waals surface area contributed by atoms with E-state index in [1.54, 1.807) is 0 Å². The molecule has 2 aromatic carbocycles. The van der Waals surface area contributed by atoms with Gasteiger partial charge in [-0.25, -0.2) is 14.0 Å². The Hall–Kier alpha value is -3.17. The number of aliphatic carboxylic acids is 2. The molecule has 2 aromatic rings. The van der Waals surface area contributed by atoms with Crippen LogP contribution in [0.25, 0.3) is 0 Å². The van der Waals surface area contributed by atoms with Crippen LogP contribution in [0, 0.1) is 5.82 Å². The molecule has 0 saturated heterocycles. The number of halogens is 1. The second kappa shape index (κ2) is 17.3. The van der Waals surface area contributed by atoms with Gasteiger partial charge in [0.15, 0.2) is 11.5 Å². The van der Waals surface area contributed by atoms with Crippen molar-refractivity contribution in [1.29, 1.82) is 0 Å². The molecule has 0 fully saturated rings. The van der Waals surface area contributed by atoms with Gasteiger partial charge < -0.3 is 29.7 Å². The van der Waals surface area contributed by atoms with Crippen molar-refractivity contribution >= 4 is 11.9 Å². The summed E-state index contributed by atoms with van der Waals surface area (Å²) in [6.45, 7) is 7.60. The third kappa shape index (κ3) is 12.2. The van der Waals surface area contributed by atoms with Gasteiger partial charge in [0.05, 0.1) is 12.7 Å². The highest BCUT2D eigenvalue weighted by Gasteiger charge is 2.11. The Labute approximate surface area is 199 Å². The largest absolute Gasteiger partial charge is 0.490 e. The van der Waals surface area contributed by atoms with Crippen LogP contribution in [-0.2, 0) is 14.3 Å². The zero-order chi connectivity index (χ0) is 25.2. The highest BCUT2D eigenvalue weighted by atomic mass is 19.1. The summed E-state index contributed by atoms with van der Waals surface area (Å²) in [6, 6.07) is 14.3. The molecule has 0 bridgehead atoms. The quantitative estimate of drug-likeness (QED) is 0.272. The van der Waals surface area contributed by atoms with Crippen molar-refractivity contribution in [2.45, 2.75) is 39.2 Å². The first-order valence-electron chi connectivity index (χ1n) is 11.3. The molecule has 1 atom stereocenters. The highest BCUT2D eigenvalue weighted by Crippen LogP contribution is 2.26. The first-order chi connectivity index (χ1) is 16.4. The van der Waals surface area contributed by atoms with E-state index < -0.39 is 11.9 Å². The van der Waals surface area contributed by atoms with Gasteiger partial charge in [0, 0.05) is 13.2 Å². The molecule has 0 saturated carbocycles. The number of hydrogen-bond donors (Lipinski definition) is 3. The van der Waals surface area contributed by atoms with Crippen LogP contribution >= 0.6 is 0 Å². The lowest BCUT2D eigenvalue weighted by Gasteiger charge is -2.18. The van der Waals surface area contributed by atoms with E-state index in [1.165, 1.54) is 12.1 Å². The van der Waals surface area contributed by atoms with E-state index in [9.17, 15) is 4.39 Å². The van der Waals surface area contributed by atoms with Gasteiger partial charge in [0.2, 0.25) is 0 Å². The Morgan fingerprint density at radius 3 is 2.09 bits per heavy atom. The number of carboxylic acids is 2. The van der Waals surface area contributed by atoms with E-state index in [-0.39, 0.29) is 11.9 Å². The SMILES string of the molecule is CCCOC(CCCNCCOc1ccccc1OCC)c1ccc(F)cc1.O=C(O)C(=O)O. The second-order valence-electron chi connectivity index (χ2n) is 7.14. The van der Waals surface area contributed by atoms with Crippen LogP contribution < -0.4 is 14.8 Å². The molecule has 0 aromatic heterocycles. The predicted octanol–water partition coefficient (Wildman–Crippen LogP) is 4.30. The van der Waals surface area contributed by atoms with Crippen LogP contribution in [0.3, 0.4) is 0 Å². The molecule has 9 heteroatoms. The van der Waals surface area contributed by atoms with E-state index in [4.69, 9.17) is 34.0 Å². The van der Waals surface area contributed by atoms with E-state index in [0.29, 0.717) is 19.8 Å². The van der Waals surface area contributed by atoms with Gasteiger partial charge in [-0.3, -0.25) is 0 Å². The van der Waals surface area contributed by atoms with E-state index in [2.05, 4.69) is 12.2 Å². The zero-order valence-corrected chi connectivity index (χ0v) is 19.7. The van der Waals surface area contributed by atoms with E-state index in [0.717, 1.165) is 49.4 Å². The summed E-state index contributed by atoms with van der Waals surface area (Å²) in [5.74, 6) is -2.31. The maximum Gasteiger partial charge on any atom is 0.414 e. The number of nitrogens with one attached hydrogen (secondary N) is 1. The average molecular weight is 480 g/mol. The van der Waals surface area contributed by atoms with Crippen LogP contribution in [0.15, 0.2) is 48.5 Å². The maximum atomic E-state index is 13.1. The number of ether oxygens (including phenoxy) is 3. The fraction of sp³-hybridized carbons (Fsp3) is 0.440. The number of rotatable bonds is 14. The third-order valence-electron chi connectivity index (χ3n) is 4.45. The topological polar surface area (TPSA) is 114 Å². The lowest BCUT2D eigenvalue weighted by molar-refractivity contribution is -0.159. The molecular weight excluding hydrogens is 445 g/mol. The molecule has 188 valence electrons. The van der Waals surface area contributed by atoms with Crippen molar-refractivity contribution in [2.24, 2.45) is 0 Å². The van der Waals surface area contributed by atoms with Crippen molar-refractivity contribution in [3.63, 3.8) is 0 Å². The summed E-state index contributed by atoms with van der Waals surface area (Å²) in [5.41, 5.74) is 1.03. The number of carbonyl (C=O) groups is 2. The Balaban J connectivity index is 0.000000852. The van der Waals surface area contributed by atoms with Gasteiger partial charge in [-0.05, 0) is 62.6 Å². The molecule has 0 heterocycles. The first-order valence-corrected chi connectivity index (χ1v) is 11.3. The molecule has 34 heavy (non-hydrogen) atoms. The normalized spacial score (nSPS) is 11.1. The number of benzene rings is 2. The van der Waals surface area contributed by atoms with Crippen molar-refractivity contribution in [3.05, 3.63) is 59.9 Å². The Bertz CT molecular complexity index is 833. The fourth-order valence-electron chi connectivity index (χ4n) is 2.90. The summed E-state index contributed by atoms with van der Waals surface area (Å²) in [5, 5.41) is 18.2. The Kier molecular flexibility index (Phi) is 14.7. The molecule has 0 aliphatic rings. The van der Waals surface area contributed by atoms with E-state index >= 15 is 0 Å². The smallest absolute Gasteiger partial charge is 0.414 e. The van der Waals surface area contributed by atoms with E-state index in [1.807, 2.05) is 43.3 Å². The van der Waals surface area contributed by atoms with Crippen molar-refractivity contribution in [1.82, 2.24) is 5.32 Å². The summed E-state index contributed by atoms with van der Waals surface area (Å²) in [6.07, 6.45) is 2.85. The molecule has 3 N–H and O–H groups in total. The lowest BCUT2D eigenvalue weighted by atomic mass is 10.0. The monoisotopic (exact) mass is 479 g/mol. The van der Waals surface area contributed by atoms with Gasteiger partial charge >= 0.3 is 11.9 Å². The summed E-state index contributed by atoms with van der Waals surface area (Å²) >= 11 is 0. The summed E-state index contributed by atoms with van der Waals surface area (Å²) in [7, 11) is 0. The van der Waals surface area contributed by atoms with Crippen molar-refractivity contribution in [3.8, 4) is 11.5 Å².